The second-order valence-corrected chi connectivity index (χ2v) is 4.58. The molecule has 0 radical (unpaired) electrons. The standard InChI is InChI=1S/C13H19N3O2/c1-14-11-6-3-5-10(16-11)12(17)15-9-13(18-2)7-4-8-13/h3,5-6H,4,7-9H2,1-2H3,(H,14,16)(H,15,17). The number of rotatable bonds is 5. The maximum atomic E-state index is 12.0. The lowest BCUT2D eigenvalue weighted by molar-refractivity contribution is -0.0679. The molecule has 1 aromatic heterocycles. The highest BCUT2D eigenvalue weighted by Gasteiger charge is 2.37. The molecule has 0 spiro atoms. The molecular weight excluding hydrogens is 230 g/mol. The van der Waals surface area contributed by atoms with Crippen molar-refractivity contribution in [3.8, 4) is 0 Å². The Balaban J connectivity index is 1.95. The van der Waals surface area contributed by atoms with E-state index in [1.165, 1.54) is 0 Å². The van der Waals surface area contributed by atoms with E-state index in [0.29, 0.717) is 18.1 Å². The molecule has 1 fully saturated rings. The van der Waals surface area contributed by atoms with Crippen LogP contribution in [0.15, 0.2) is 18.2 Å². The van der Waals surface area contributed by atoms with Gasteiger partial charge in [0.15, 0.2) is 0 Å². The number of ether oxygens (including phenoxy) is 1. The summed E-state index contributed by atoms with van der Waals surface area (Å²) in [7, 11) is 3.48. The maximum Gasteiger partial charge on any atom is 0.270 e. The molecule has 0 aliphatic heterocycles. The van der Waals surface area contributed by atoms with Gasteiger partial charge in [-0.3, -0.25) is 4.79 Å². The van der Waals surface area contributed by atoms with Crippen LogP contribution < -0.4 is 10.6 Å². The Labute approximate surface area is 107 Å². The first kappa shape index (κ1) is 12.8. The van der Waals surface area contributed by atoms with Crippen LogP contribution in [0.4, 0.5) is 5.82 Å². The van der Waals surface area contributed by atoms with Crippen molar-refractivity contribution in [2.45, 2.75) is 24.9 Å². The van der Waals surface area contributed by atoms with Crippen molar-refractivity contribution in [3.05, 3.63) is 23.9 Å². The van der Waals surface area contributed by atoms with Gasteiger partial charge in [-0.2, -0.15) is 0 Å². The molecule has 0 atom stereocenters. The smallest absolute Gasteiger partial charge is 0.270 e. The van der Waals surface area contributed by atoms with E-state index in [4.69, 9.17) is 4.74 Å². The van der Waals surface area contributed by atoms with E-state index in [1.54, 1.807) is 20.2 Å². The summed E-state index contributed by atoms with van der Waals surface area (Å²) in [5.74, 6) is 0.531. The molecule has 0 aromatic carbocycles. The van der Waals surface area contributed by atoms with Crippen molar-refractivity contribution in [2.24, 2.45) is 0 Å². The number of aromatic nitrogens is 1. The SMILES string of the molecule is CNc1cccc(C(=O)NCC2(OC)CCC2)n1. The van der Waals surface area contributed by atoms with Gasteiger partial charge in [-0.05, 0) is 31.4 Å². The van der Waals surface area contributed by atoms with E-state index in [-0.39, 0.29) is 11.5 Å². The summed E-state index contributed by atoms with van der Waals surface area (Å²) in [6, 6.07) is 5.33. The molecule has 1 aliphatic carbocycles. The minimum atomic E-state index is -0.157. The highest BCUT2D eigenvalue weighted by molar-refractivity contribution is 5.92. The highest BCUT2D eigenvalue weighted by atomic mass is 16.5. The second-order valence-electron chi connectivity index (χ2n) is 4.58. The number of nitrogens with zero attached hydrogens (tertiary/aromatic N) is 1. The number of methoxy groups -OCH3 is 1. The van der Waals surface area contributed by atoms with E-state index in [9.17, 15) is 4.79 Å². The minimum Gasteiger partial charge on any atom is -0.376 e. The third kappa shape index (κ3) is 2.61. The molecule has 1 amide bonds. The average molecular weight is 249 g/mol. The maximum absolute atomic E-state index is 12.0. The molecule has 1 saturated carbocycles. The molecular formula is C13H19N3O2. The molecule has 18 heavy (non-hydrogen) atoms. The van der Waals surface area contributed by atoms with Gasteiger partial charge in [0, 0.05) is 20.7 Å². The molecule has 5 heteroatoms. The first-order chi connectivity index (χ1) is 8.69. The summed E-state index contributed by atoms with van der Waals surface area (Å²) in [6.07, 6.45) is 3.18. The largest absolute Gasteiger partial charge is 0.376 e. The number of amides is 1. The van der Waals surface area contributed by atoms with Crippen molar-refractivity contribution in [3.63, 3.8) is 0 Å². The Morgan fingerprint density at radius 2 is 2.28 bits per heavy atom. The summed E-state index contributed by atoms with van der Waals surface area (Å²) in [5, 5.41) is 5.80. The quantitative estimate of drug-likeness (QED) is 0.828. The van der Waals surface area contributed by atoms with Crippen LogP contribution in [0.25, 0.3) is 0 Å². The molecule has 1 heterocycles. The first-order valence-corrected chi connectivity index (χ1v) is 6.17. The number of anilines is 1. The van der Waals surface area contributed by atoms with Crippen molar-refractivity contribution >= 4 is 11.7 Å². The van der Waals surface area contributed by atoms with Crippen molar-refractivity contribution < 1.29 is 9.53 Å². The van der Waals surface area contributed by atoms with Gasteiger partial charge in [0.2, 0.25) is 0 Å². The van der Waals surface area contributed by atoms with E-state index in [2.05, 4.69) is 15.6 Å². The second kappa shape index (κ2) is 5.35. The molecule has 0 saturated heterocycles. The van der Waals surface area contributed by atoms with Gasteiger partial charge >= 0.3 is 0 Å². The summed E-state index contributed by atoms with van der Waals surface area (Å²) in [5.41, 5.74) is 0.267. The van der Waals surface area contributed by atoms with Gasteiger partial charge in [-0.25, -0.2) is 4.98 Å². The van der Waals surface area contributed by atoms with Gasteiger partial charge in [0.05, 0.1) is 5.60 Å². The van der Waals surface area contributed by atoms with Crippen LogP contribution in [0.3, 0.4) is 0 Å². The van der Waals surface area contributed by atoms with Gasteiger partial charge in [-0.1, -0.05) is 6.07 Å². The normalized spacial score (nSPS) is 16.8. The van der Waals surface area contributed by atoms with Gasteiger partial charge in [0.25, 0.3) is 5.91 Å². The number of pyridine rings is 1. The predicted octanol–water partition coefficient (Wildman–Crippen LogP) is 1.42. The third-order valence-corrected chi connectivity index (χ3v) is 3.51. The fourth-order valence-corrected chi connectivity index (χ4v) is 2.06. The predicted molar refractivity (Wildman–Crippen MR) is 69.7 cm³/mol. The Morgan fingerprint density at radius 1 is 1.50 bits per heavy atom. The Hall–Kier alpha value is -1.62. The summed E-state index contributed by atoms with van der Waals surface area (Å²) >= 11 is 0. The summed E-state index contributed by atoms with van der Waals surface area (Å²) in [6.45, 7) is 0.549. The zero-order valence-electron chi connectivity index (χ0n) is 10.8. The highest BCUT2D eigenvalue weighted by Crippen LogP contribution is 2.34. The van der Waals surface area contributed by atoms with Gasteiger partial charge in [0.1, 0.15) is 11.5 Å². The summed E-state index contributed by atoms with van der Waals surface area (Å²) in [4.78, 5) is 16.2. The molecule has 1 aromatic rings. The molecule has 0 unspecified atom stereocenters. The van der Waals surface area contributed by atoms with Crippen LogP contribution in [0, 0.1) is 0 Å². The molecule has 5 nitrogen and oxygen atoms in total. The fraction of sp³-hybridized carbons (Fsp3) is 0.538. The van der Waals surface area contributed by atoms with Crippen LogP contribution in [-0.4, -0.2) is 37.2 Å². The van der Waals surface area contributed by atoms with E-state index < -0.39 is 0 Å². The number of carbonyl (C=O) groups is 1. The molecule has 2 N–H and O–H groups in total. The summed E-state index contributed by atoms with van der Waals surface area (Å²) < 4.78 is 5.46. The zero-order chi connectivity index (χ0) is 13.0. The van der Waals surface area contributed by atoms with Crippen LogP contribution in [-0.2, 0) is 4.74 Å². The zero-order valence-corrected chi connectivity index (χ0v) is 10.8. The topological polar surface area (TPSA) is 63.2 Å². The molecule has 1 aliphatic rings. The number of hydrogen-bond acceptors (Lipinski definition) is 4. The Morgan fingerprint density at radius 3 is 2.83 bits per heavy atom. The van der Waals surface area contributed by atoms with E-state index >= 15 is 0 Å². The van der Waals surface area contributed by atoms with Gasteiger partial charge in [-0.15, -0.1) is 0 Å². The Kier molecular flexibility index (Phi) is 3.81. The lowest BCUT2D eigenvalue weighted by atomic mass is 9.80. The van der Waals surface area contributed by atoms with Gasteiger partial charge < -0.3 is 15.4 Å². The van der Waals surface area contributed by atoms with E-state index in [0.717, 1.165) is 19.3 Å². The molecule has 2 rings (SSSR count). The number of nitrogens with one attached hydrogen (secondary N) is 2. The molecule has 0 bridgehead atoms. The lowest BCUT2D eigenvalue weighted by Crippen LogP contribution is -2.49. The van der Waals surface area contributed by atoms with Crippen LogP contribution in [0.1, 0.15) is 29.8 Å². The van der Waals surface area contributed by atoms with Crippen LogP contribution in [0.2, 0.25) is 0 Å². The number of hydrogen-bond donors (Lipinski definition) is 2. The van der Waals surface area contributed by atoms with Crippen LogP contribution in [0.5, 0.6) is 0 Å². The van der Waals surface area contributed by atoms with Crippen molar-refractivity contribution in [1.82, 2.24) is 10.3 Å². The minimum absolute atomic E-state index is 0.156. The van der Waals surface area contributed by atoms with E-state index in [1.807, 2.05) is 12.1 Å². The average Bonchev–Trinajstić information content (AvgIpc) is 2.38. The fourth-order valence-electron chi connectivity index (χ4n) is 2.06. The lowest BCUT2D eigenvalue weighted by Gasteiger charge is -2.40. The van der Waals surface area contributed by atoms with Crippen molar-refractivity contribution in [2.75, 3.05) is 26.0 Å². The number of carbonyl (C=O) groups excluding carboxylic acids is 1. The third-order valence-electron chi connectivity index (χ3n) is 3.51. The van der Waals surface area contributed by atoms with Crippen LogP contribution >= 0.6 is 0 Å². The molecule has 98 valence electrons. The Bertz CT molecular complexity index is 424. The van der Waals surface area contributed by atoms with Crippen molar-refractivity contribution in [1.29, 1.82) is 0 Å². The monoisotopic (exact) mass is 249 g/mol. The first-order valence-electron chi connectivity index (χ1n) is 6.17.